The largest absolute Gasteiger partial charge is 0.307 e. The Hall–Kier alpha value is -3.12. The van der Waals surface area contributed by atoms with E-state index in [0.29, 0.717) is 12.0 Å². The molecular weight excluding hydrogens is 384 g/mol. The molecule has 1 amide bonds. The Labute approximate surface area is 173 Å². The van der Waals surface area contributed by atoms with Crippen molar-refractivity contribution in [2.24, 2.45) is 0 Å². The van der Waals surface area contributed by atoms with Gasteiger partial charge in [0.2, 0.25) is 5.91 Å². The van der Waals surface area contributed by atoms with Crippen molar-refractivity contribution in [2.45, 2.75) is 30.0 Å². The molecule has 0 bridgehead atoms. The first-order chi connectivity index (χ1) is 14.0. The second-order valence-electron chi connectivity index (χ2n) is 7.05. The van der Waals surface area contributed by atoms with E-state index in [1.807, 2.05) is 31.2 Å². The third kappa shape index (κ3) is 4.03. The van der Waals surface area contributed by atoms with E-state index in [1.54, 1.807) is 34.9 Å². The number of thioether (sulfide) groups is 1. The van der Waals surface area contributed by atoms with E-state index in [4.69, 9.17) is 0 Å². The highest BCUT2D eigenvalue weighted by Crippen LogP contribution is 2.46. The molecule has 1 atom stereocenters. The molecule has 0 radical (unpaired) electrons. The van der Waals surface area contributed by atoms with Gasteiger partial charge in [0.15, 0.2) is 0 Å². The van der Waals surface area contributed by atoms with Gasteiger partial charge in [-0.05, 0) is 24.6 Å². The predicted octanol–water partition coefficient (Wildman–Crippen LogP) is 5.67. The first kappa shape index (κ1) is 19.2. The predicted molar refractivity (Wildman–Crippen MR) is 115 cm³/mol. The monoisotopic (exact) mass is 404 g/mol. The molecule has 0 N–H and O–H groups in total. The van der Waals surface area contributed by atoms with Gasteiger partial charge in [0.05, 0.1) is 17.2 Å². The van der Waals surface area contributed by atoms with Crippen LogP contribution in [0.5, 0.6) is 0 Å². The van der Waals surface area contributed by atoms with Crippen molar-refractivity contribution in [3.05, 3.63) is 99.6 Å². The minimum atomic E-state index is -0.395. The van der Waals surface area contributed by atoms with Crippen molar-refractivity contribution in [3.8, 4) is 0 Å². The molecule has 146 valence electrons. The Balaban J connectivity index is 1.72. The van der Waals surface area contributed by atoms with Crippen LogP contribution in [-0.2, 0) is 11.3 Å². The quantitative estimate of drug-likeness (QED) is 0.415. The van der Waals surface area contributed by atoms with Crippen molar-refractivity contribution in [1.82, 2.24) is 0 Å². The number of aryl methyl sites for hydroxylation is 1. The van der Waals surface area contributed by atoms with Crippen LogP contribution in [0.2, 0.25) is 0 Å². The van der Waals surface area contributed by atoms with Gasteiger partial charge in [-0.3, -0.25) is 14.9 Å². The number of para-hydroxylation sites is 2. The lowest BCUT2D eigenvalue weighted by Gasteiger charge is -2.22. The highest BCUT2D eigenvalue weighted by atomic mass is 32.2. The molecule has 6 heteroatoms. The average molecular weight is 404 g/mol. The minimum Gasteiger partial charge on any atom is -0.307 e. The zero-order chi connectivity index (χ0) is 20.4. The number of carbonyl (C=O) groups is 1. The minimum absolute atomic E-state index is 0.00000850. The summed E-state index contributed by atoms with van der Waals surface area (Å²) < 4.78 is 0. The molecule has 5 nitrogen and oxygen atoms in total. The molecule has 0 spiro atoms. The Morgan fingerprint density at radius 1 is 1.03 bits per heavy atom. The molecule has 0 aromatic heterocycles. The number of hydrogen-bond acceptors (Lipinski definition) is 4. The normalized spacial score (nSPS) is 16.2. The Kier molecular flexibility index (Phi) is 5.36. The maximum absolute atomic E-state index is 13.3. The van der Waals surface area contributed by atoms with Gasteiger partial charge in [0.25, 0.3) is 5.69 Å². The van der Waals surface area contributed by atoms with E-state index < -0.39 is 4.92 Å². The van der Waals surface area contributed by atoms with Gasteiger partial charge < -0.3 is 4.90 Å². The Morgan fingerprint density at radius 2 is 1.72 bits per heavy atom. The molecule has 0 aliphatic carbocycles. The number of nitrogens with zero attached hydrogens (tertiary/aromatic N) is 2. The fraction of sp³-hybridized carbons (Fsp3) is 0.174. The molecule has 29 heavy (non-hydrogen) atoms. The van der Waals surface area contributed by atoms with Crippen molar-refractivity contribution >= 4 is 29.0 Å². The van der Waals surface area contributed by atoms with Gasteiger partial charge >= 0.3 is 0 Å². The van der Waals surface area contributed by atoms with Crippen LogP contribution in [0.15, 0.2) is 77.7 Å². The number of amides is 1. The molecular formula is C23H20N2O3S. The second-order valence-corrected chi connectivity index (χ2v) is 8.30. The highest BCUT2D eigenvalue weighted by Gasteiger charge is 2.30. The second kappa shape index (κ2) is 8.09. The first-order valence-electron chi connectivity index (χ1n) is 9.38. The third-order valence-electron chi connectivity index (χ3n) is 5.05. The van der Waals surface area contributed by atoms with Gasteiger partial charge in [-0.2, -0.15) is 0 Å². The fourth-order valence-electron chi connectivity index (χ4n) is 3.51. The summed E-state index contributed by atoms with van der Waals surface area (Å²) >= 11 is 1.67. The standard InChI is InChI=1S/C23H20N2O3S/c1-16-10-12-17(13-11-16)22-14-23(26)24(20-8-4-5-9-21(20)29-22)15-18-6-2-3-7-19(18)25(27)28/h2-13,22H,14-15H2,1H3. The van der Waals surface area contributed by atoms with Gasteiger partial charge in [-0.25, -0.2) is 0 Å². The van der Waals surface area contributed by atoms with Crippen LogP contribution < -0.4 is 4.90 Å². The first-order valence-corrected chi connectivity index (χ1v) is 10.3. The van der Waals surface area contributed by atoms with Crippen LogP contribution in [0.25, 0.3) is 0 Å². The Bertz CT molecular complexity index is 1070. The van der Waals surface area contributed by atoms with Crippen LogP contribution in [0.3, 0.4) is 0 Å². The number of hydrogen-bond donors (Lipinski definition) is 0. The van der Waals surface area contributed by atoms with E-state index in [9.17, 15) is 14.9 Å². The van der Waals surface area contributed by atoms with E-state index >= 15 is 0 Å². The lowest BCUT2D eigenvalue weighted by atomic mass is 10.1. The van der Waals surface area contributed by atoms with Crippen molar-refractivity contribution in [2.75, 3.05) is 4.90 Å². The summed E-state index contributed by atoms with van der Waals surface area (Å²) in [5.41, 5.74) is 3.65. The molecule has 0 fully saturated rings. The number of benzene rings is 3. The third-order valence-corrected chi connectivity index (χ3v) is 6.37. The van der Waals surface area contributed by atoms with Crippen molar-refractivity contribution in [1.29, 1.82) is 0 Å². The summed E-state index contributed by atoms with van der Waals surface area (Å²) in [6, 6.07) is 22.6. The molecule has 0 saturated heterocycles. The number of nitro benzene ring substituents is 1. The Morgan fingerprint density at radius 3 is 2.48 bits per heavy atom. The van der Waals surface area contributed by atoms with Gasteiger partial charge in [0.1, 0.15) is 0 Å². The van der Waals surface area contributed by atoms with Crippen LogP contribution >= 0.6 is 11.8 Å². The maximum atomic E-state index is 13.3. The zero-order valence-corrected chi connectivity index (χ0v) is 16.8. The average Bonchev–Trinajstić information content (AvgIpc) is 2.86. The summed E-state index contributed by atoms with van der Waals surface area (Å²) in [5.74, 6) is -0.0359. The molecule has 1 unspecified atom stereocenters. The van der Waals surface area contributed by atoms with Gasteiger partial charge in [-0.1, -0.05) is 60.2 Å². The van der Waals surface area contributed by atoms with Crippen molar-refractivity contribution < 1.29 is 9.72 Å². The van der Waals surface area contributed by atoms with Gasteiger partial charge in [-0.15, -0.1) is 11.8 Å². The highest BCUT2D eigenvalue weighted by molar-refractivity contribution is 7.99. The number of carbonyl (C=O) groups excluding carboxylic acids is 1. The van der Waals surface area contributed by atoms with Crippen LogP contribution in [0.4, 0.5) is 11.4 Å². The molecule has 3 aromatic rings. The van der Waals surface area contributed by atoms with Gasteiger partial charge in [0, 0.05) is 28.2 Å². The smallest absolute Gasteiger partial charge is 0.274 e. The maximum Gasteiger partial charge on any atom is 0.274 e. The SMILES string of the molecule is Cc1ccc(C2CC(=O)N(Cc3ccccc3[N+](=O)[O-])c3ccccc3S2)cc1. The lowest BCUT2D eigenvalue weighted by molar-refractivity contribution is -0.385. The molecule has 1 heterocycles. The number of fused-ring (bicyclic) bond motifs is 1. The fourth-order valence-corrected chi connectivity index (χ4v) is 4.79. The van der Waals surface area contributed by atoms with E-state index in [2.05, 4.69) is 24.3 Å². The van der Waals surface area contributed by atoms with E-state index in [0.717, 1.165) is 16.1 Å². The summed E-state index contributed by atoms with van der Waals surface area (Å²) in [6.45, 7) is 2.22. The molecule has 1 aliphatic rings. The van der Waals surface area contributed by atoms with E-state index in [1.165, 1.54) is 11.6 Å². The van der Waals surface area contributed by atoms with Crippen LogP contribution in [-0.4, -0.2) is 10.8 Å². The molecule has 4 rings (SSSR count). The zero-order valence-electron chi connectivity index (χ0n) is 15.9. The topological polar surface area (TPSA) is 63.5 Å². The summed E-state index contributed by atoms with van der Waals surface area (Å²) in [7, 11) is 0. The van der Waals surface area contributed by atoms with Crippen molar-refractivity contribution in [3.63, 3.8) is 0 Å². The summed E-state index contributed by atoms with van der Waals surface area (Å²) in [4.78, 5) is 27.0. The van der Waals surface area contributed by atoms with Crippen LogP contribution in [0, 0.1) is 17.0 Å². The molecule has 1 aliphatic heterocycles. The number of anilines is 1. The van der Waals surface area contributed by atoms with Crippen LogP contribution in [0.1, 0.15) is 28.4 Å². The summed E-state index contributed by atoms with van der Waals surface area (Å²) in [5, 5.41) is 11.4. The molecule has 0 saturated carbocycles. The lowest BCUT2D eigenvalue weighted by Crippen LogP contribution is -2.30. The van der Waals surface area contributed by atoms with E-state index in [-0.39, 0.29) is 23.4 Å². The number of nitro groups is 1. The number of rotatable bonds is 4. The summed E-state index contributed by atoms with van der Waals surface area (Å²) in [6.07, 6.45) is 0.336. The molecule has 3 aromatic carbocycles.